The zero-order valence-electron chi connectivity index (χ0n) is 22.6. The molecule has 0 aromatic heterocycles. The minimum Gasteiger partial charge on any atom is -0.444 e. The van der Waals surface area contributed by atoms with Crippen molar-refractivity contribution in [3.05, 3.63) is 120 Å². The number of hydrogen-bond donors (Lipinski definition) is 3. The van der Waals surface area contributed by atoms with Crippen molar-refractivity contribution in [1.29, 1.82) is 0 Å². The summed E-state index contributed by atoms with van der Waals surface area (Å²) in [5.41, 5.74) is 0.737. The van der Waals surface area contributed by atoms with E-state index in [0.29, 0.717) is 0 Å². The van der Waals surface area contributed by atoms with Crippen LogP contribution in [-0.4, -0.2) is 69.4 Å². The van der Waals surface area contributed by atoms with Crippen molar-refractivity contribution >= 4 is 6.09 Å². The van der Waals surface area contributed by atoms with Gasteiger partial charge in [0.15, 0.2) is 0 Å². The highest BCUT2D eigenvalue weighted by Crippen LogP contribution is 2.40. The molecule has 0 aliphatic carbocycles. The van der Waals surface area contributed by atoms with E-state index in [1.807, 2.05) is 91.0 Å². The number of aliphatic hydroxyl groups excluding tert-OH is 3. The molecule has 39 heavy (non-hydrogen) atoms. The molecular weight excluding hydrogens is 494 g/mol. The van der Waals surface area contributed by atoms with Crippen molar-refractivity contribution in [2.24, 2.45) is 0 Å². The Kier molecular flexibility index (Phi) is 8.87. The molecule has 0 fully saturated rings. The fraction of sp³-hybridized carbons (Fsp3) is 0.344. The summed E-state index contributed by atoms with van der Waals surface area (Å²) in [5, 5.41) is 33.1. The maximum Gasteiger partial charge on any atom is 0.411 e. The molecule has 3 aromatic rings. The maximum atomic E-state index is 12.7. The summed E-state index contributed by atoms with van der Waals surface area (Å²) < 4.78 is 12.0. The second-order valence-electron chi connectivity index (χ2n) is 10.7. The molecule has 1 aliphatic rings. The van der Waals surface area contributed by atoms with Gasteiger partial charge in [-0.3, -0.25) is 4.90 Å². The maximum absolute atomic E-state index is 12.7. The molecule has 4 atom stereocenters. The fourth-order valence-corrected chi connectivity index (χ4v) is 4.86. The Hall–Kier alpha value is -3.49. The largest absolute Gasteiger partial charge is 0.444 e. The van der Waals surface area contributed by atoms with Crippen molar-refractivity contribution in [2.75, 3.05) is 13.2 Å². The van der Waals surface area contributed by atoms with Gasteiger partial charge in [0.05, 0.1) is 12.6 Å². The minimum atomic E-state index is -1.59. The van der Waals surface area contributed by atoms with Crippen LogP contribution in [0.5, 0.6) is 0 Å². The van der Waals surface area contributed by atoms with E-state index in [1.54, 1.807) is 32.9 Å². The molecule has 1 heterocycles. The summed E-state index contributed by atoms with van der Waals surface area (Å²) in [6, 6.07) is 28.2. The molecule has 0 saturated heterocycles. The standard InChI is InChI=1S/C32H37NO6/c1-31(2,3)39-30(37)33-21-13-20-26(33)28(35)29(36)27(34)22-38-32(23-14-7-4-8-15-23,24-16-9-5-10-17-24)25-18-11-6-12-19-25/h4-20,26-29,34-36H,21-22H2,1-3H3/t26-,27+,28-,29-/m1/s1. The molecule has 0 spiro atoms. The number of benzene rings is 3. The van der Waals surface area contributed by atoms with Crippen molar-refractivity contribution in [3.8, 4) is 0 Å². The summed E-state index contributed by atoms with van der Waals surface area (Å²) in [7, 11) is 0. The summed E-state index contributed by atoms with van der Waals surface area (Å²) in [6.07, 6.45) is -1.76. The highest BCUT2D eigenvalue weighted by atomic mass is 16.6. The molecule has 4 rings (SSSR count). The molecule has 0 bridgehead atoms. The molecule has 3 aromatic carbocycles. The van der Waals surface area contributed by atoms with E-state index in [2.05, 4.69) is 0 Å². The smallest absolute Gasteiger partial charge is 0.411 e. The Labute approximate surface area is 229 Å². The zero-order chi connectivity index (χ0) is 28.0. The molecule has 206 valence electrons. The normalized spacial score (nSPS) is 18.0. The number of rotatable bonds is 9. The van der Waals surface area contributed by atoms with Gasteiger partial charge in [0, 0.05) is 6.54 Å². The van der Waals surface area contributed by atoms with E-state index in [0.717, 1.165) is 16.7 Å². The van der Waals surface area contributed by atoms with Crippen LogP contribution in [0.25, 0.3) is 0 Å². The SMILES string of the molecule is CC(C)(C)OC(=O)N1CC=C[C@@H]1[C@@H](O)[C@H](O)[C@@H](O)COC(c1ccccc1)(c1ccccc1)c1ccccc1. The van der Waals surface area contributed by atoms with Crippen LogP contribution in [0.1, 0.15) is 37.5 Å². The fourth-order valence-electron chi connectivity index (χ4n) is 4.86. The topological polar surface area (TPSA) is 99.5 Å². The highest BCUT2D eigenvalue weighted by Gasteiger charge is 2.42. The number of ether oxygens (including phenoxy) is 2. The van der Waals surface area contributed by atoms with Gasteiger partial charge in [0.25, 0.3) is 0 Å². The van der Waals surface area contributed by atoms with Gasteiger partial charge in [0.1, 0.15) is 29.5 Å². The monoisotopic (exact) mass is 531 g/mol. The summed E-state index contributed by atoms with van der Waals surface area (Å²) in [6.45, 7) is 5.21. The molecule has 0 radical (unpaired) electrons. The van der Waals surface area contributed by atoms with Gasteiger partial charge in [0.2, 0.25) is 0 Å². The minimum absolute atomic E-state index is 0.231. The molecule has 7 nitrogen and oxygen atoms in total. The average molecular weight is 532 g/mol. The van der Waals surface area contributed by atoms with Gasteiger partial charge in [-0.05, 0) is 37.5 Å². The Morgan fingerprint density at radius 1 is 0.846 bits per heavy atom. The van der Waals surface area contributed by atoms with Crippen molar-refractivity contribution < 1.29 is 29.6 Å². The van der Waals surface area contributed by atoms with Crippen molar-refractivity contribution in [3.63, 3.8) is 0 Å². The molecule has 1 aliphatic heterocycles. The third-order valence-corrected chi connectivity index (χ3v) is 6.73. The lowest BCUT2D eigenvalue weighted by molar-refractivity contribution is -0.119. The first-order valence-electron chi connectivity index (χ1n) is 13.1. The predicted octanol–water partition coefficient (Wildman–Crippen LogP) is 4.25. The first kappa shape index (κ1) is 28.5. The van der Waals surface area contributed by atoms with Gasteiger partial charge in [-0.2, -0.15) is 0 Å². The van der Waals surface area contributed by atoms with Crippen LogP contribution < -0.4 is 0 Å². The number of nitrogens with zero attached hydrogens (tertiary/aromatic N) is 1. The quantitative estimate of drug-likeness (QED) is 0.282. The van der Waals surface area contributed by atoms with E-state index < -0.39 is 41.6 Å². The van der Waals surface area contributed by atoms with Crippen LogP contribution in [0.15, 0.2) is 103 Å². The highest BCUT2D eigenvalue weighted by molar-refractivity contribution is 5.70. The first-order chi connectivity index (χ1) is 18.6. The van der Waals surface area contributed by atoms with E-state index in [9.17, 15) is 20.1 Å². The van der Waals surface area contributed by atoms with E-state index in [-0.39, 0.29) is 13.2 Å². The Morgan fingerprint density at radius 2 is 1.31 bits per heavy atom. The summed E-state index contributed by atoms with van der Waals surface area (Å²) in [5.74, 6) is 0. The number of carbonyl (C=O) groups is 1. The van der Waals surface area contributed by atoms with Crippen molar-refractivity contribution in [1.82, 2.24) is 4.90 Å². The number of amides is 1. The van der Waals surface area contributed by atoms with Gasteiger partial charge < -0.3 is 24.8 Å². The lowest BCUT2D eigenvalue weighted by atomic mass is 9.80. The molecule has 7 heteroatoms. The van der Waals surface area contributed by atoms with Crippen LogP contribution in [0.3, 0.4) is 0 Å². The molecule has 3 N–H and O–H groups in total. The average Bonchev–Trinajstić information content (AvgIpc) is 3.44. The number of aliphatic hydroxyl groups is 3. The summed E-state index contributed by atoms with van der Waals surface area (Å²) in [4.78, 5) is 14.0. The third kappa shape index (κ3) is 6.40. The van der Waals surface area contributed by atoms with E-state index in [4.69, 9.17) is 9.47 Å². The number of carbonyl (C=O) groups excluding carboxylic acids is 1. The first-order valence-corrected chi connectivity index (χ1v) is 13.1. The Bertz CT molecular complexity index is 1130. The molecular formula is C32H37NO6. The molecule has 1 amide bonds. The van der Waals surface area contributed by atoms with Crippen LogP contribution >= 0.6 is 0 Å². The van der Waals surface area contributed by atoms with E-state index >= 15 is 0 Å². The van der Waals surface area contributed by atoms with Gasteiger partial charge in [-0.25, -0.2) is 4.79 Å². The van der Waals surface area contributed by atoms with Crippen LogP contribution in [0, 0.1) is 0 Å². The lowest BCUT2D eigenvalue weighted by Crippen LogP contribution is -2.53. The Balaban J connectivity index is 1.59. The van der Waals surface area contributed by atoms with Gasteiger partial charge in [-0.1, -0.05) is 103 Å². The second-order valence-corrected chi connectivity index (χ2v) is 10.7. The van der Waals surface area contributed by atoms with Crippen molar-refractivity contribution in [2.45, 2.75) is 56.3 Å². The molecule has 0 saturated carbocycles. The molecule has 0 unspecified atom stereocenters. The third-order valence-electron chi connectivity index (χ3n) is 6.73. The second kappa shape index (κ2) is 12.1. The zero-order valence-corrected chi connectivity index (χ0v) is 22.6. The van der Waals surface area contributed by atoms with Crippen LogP contribution in [0.2, 0.25) is 0 Å². The predicted molar refractivity (Wildman–Crippen MR) is 149 cm³/mol. The van der Waals surface area contributed by atoms with Crippen LogP contribution in [-0.2, 0) is 15.1 Å². The lowest BCUT2D eigenvalue weighted by Gasteiger charge is -2.38. The van der Waals surface area contributed by atoms with Gasteiger partial charge >= 0.3 is 6.09 Å². The van der Waals surface area contributed by atoms with Crippen LogP contribution in [0.4, 0.5) is 4.79 Å². The Morgan fingerprint density at radius 3 is 1.74 bits per heavy atom. The summed E-state index contributed by atoms with van der Waals surface area (Å²) >= 11 is 0. The van der Waals surface area contributed by atoms with E-state index in [1.165, 1.54) is 4.90 Å². The number of hydrogen-bond acceptors (Lipinski definition) is 6. The van der Waals surface area contributed by atoms with Gasteiger partial charge in [-0.15, -0.1) is 0 Å².